The van der Waals surface area contributed by atoms with Crippen LogP contribution in [0.3, 0.4) is 0 Å². The Hall–Kier alpha value is 7.60. The van der Waals surface area contributed by atoms with Crippen molar-refractivity contribution in [1.82, 2.24) is 0 Å². The minimum absolute atomic E-state index is 0. The van der Waals surface area contributed by atoms with Crippen LogP contribution in [0, 0.1) is 0 Å². The van der Waals surface area contributed by atoms with Gasteiger partial charge in [-0.25, -0.2) is 18.3 Å². The van der Waals surface area contributed by atoms with Crippen LogP contribution < -0.4 is 276 Å². The summed E-state index contributed by atoms with van der Waals surface area (Å²) in [6, 6.07) is 0. The summed E-state index contributed by atoms with van der Waals surface area (Å²) in [4.78, 5) is 174. The Balaban J connectivity index is 0.0000102. The molecule has 30 rings (SSSR count). The van der Waals surface area contributed by atoms with Crippen molar-refractivity contribution in [2.75, 3.05) is 52.9 Å². The second kappa shape index (κ2) is 55.7. The van der Waals surface area contributed by atoms with E-state index in [1.54, 1.807) is 0 Å². The topological polar surface area (TPSA) is 1030 Å². The maximum Gasteiger partial charge on any atom is 1.00 e. The van der Waals surface area contributed by atoms with Gasteiger partial charge in [0.25, 0.3) is 0 Å². The van der Waals surface area contributed by atoms with Gasteiger partial charge in [-0.15, -0.1) is 0 Å². The molecule has 80 heteroatoms. The van der Waals surface area contributed by atoms with Gasteiger partial charge in [-0.1, -0.05) is 0 Å². The summed E-state index contributed by atoms with van der Waals surface area (Å²) in [6.45, 7) is -13.5. The normalized spacial score (nSPS) is 42.1. The van der Waals surface area contributed by atoms with E-state index in [9.17, 15) is 197 Å². The van der Waals surface area contributed by atoms with Crippen LogP contribution in [0.25, 0.3) is 0 Å². The third-order valence-corrected chi connectivity index (χ3v) is 22.5. The molecule has 0 aliphatic carbocycles. The average molecular weight is 2110 g/mol. The van der Waals surface area contributed by atoms with Crippen molar-refractivity contribution in [2.45, 2.75) is 246 Å². The van der Waals surface area contributed by atoms with Crippen molar-refractivity contribution in [2.24, 2.45) is 0 Å². The van der Waals surface area contributed by atoms with Crippen molar-refractivity contribution in [3.8, 4) is 0 Å². The fraction of sp³-hybridized carbons (Fsp3) is 1.00. The van der Waals surface area contributed by atoms with E-state index in [4.69, 9.17) is 75.8 Å². The van der Waals surface area contributed by atoms with Gasteiger partial charge in [-0.05, 0) is 0 Å². The molecule has 30 aliphatic rings. The number of ether oxygens (including phenoxy) is 16. The van der Waals surface area contributed by atoms with Crippen LogP contribution in [0.1, 0.15) is 0 Å². The molecule has 0 spiro atoms. The Kier molecular flexibility index (Phi) is 58.2. The molecule has 0 radical (unpaired) electrons. The number of hydrogen-bond donors (Lipinski definition) is 24. The van der Waals surface area contributed by atoms with E-state index in [2.05, 4.69) is 36.2 Å². The average Bonchev–Trinajstić information content (AvgIpc) is 0.770. The summed E-state index contributed by atoms with van der Waals surface area (Å²) in [5, 5.41) is 187. The van der Waals surface area contributed by atoms with Gasteiger partial charge in [0, 0.05) is 0 Å². The van der Waals surface area contributed by atoms with Crippen LogP contribution in [0.15, 0.2) is 0 Å². The monoisotopic (exact) mass is 2110 g/mol. The number of aliphatic hydroxyl groups is 16. The minimum atomic E-state index is -6.31. The van der Waals surface area contributed by atoms with Gasteiger partial charge >= 0.3 is 268 Å². The van der Waals surface area contributed by atoms with Gasteiger partial charge in [0.2, 0.25) is 0 Å². The molecule has 30 heterocycles. The van der Waals surface area contributed by atoms with E-state index in [-0.39, 0.29) is 236 Å². The largest absolute Gasteiger partial charge is 1.00 e. The first-order valence-corrected chi connectivity index (χ1v) is 45.9. The molecule has 16 bridgehead atoms. The Morgan fingerprint density at radius 1 is 0.172 bits per heavy atom. The van der Waals surface area contributed by atoms with Gasteiger partial charge in [0.1, 0.15) is 195 Å². The van der Waals surface area contributed by atoms with Crippen molar-refractivity contribution >= 4 is 62.6 Å². The molecule has 0 aromatic carbocycles. The van der Waals surface area contributed by atoms with Crippen LogP contribution in [0.4, 0.5) is 0 Å². The van der Waals surface area contributed by atoms with Gasteiger partial charge in [-0.2, -0.15) is 0 Å². The minimum Gasteiger partial charge on any atom is -0.790 e. The molecule has 24 N–H and O–H groups in total. The Bertz CT molecular complexity index is 3050. The third kappa shape index (κ3) is 38.3. The van der Waals surface area contributed by atoms with Crippen LogP contribution >= 0.6 is 62.6 Å². The molecule has 64 nitrogen and oxygen atoms in total. The standard InChI is InChI=1S/C48H88O64P8.8Na/c49-17-25(57)41-97-9(1-89-113(65,66)67)33(17)105-42-26(58)18(50)35(11(98-42)3-91-115(71,72)73)107-44-28(60)20(52)37(13(100-44)5-93-117(77,78)79)109-46-30(62)22(54)39(15(102-46)7-95-119(83,84)85)111-48-32(64)24(56)40(16(104-48)8-96-120(86,87)88)112-47-31(63)23(55)38(14(103-47)6-94-118(80,81)82)110-45-29(61)21(53)36(12(101-45)4-92-116(74,75)76)108-43-27(59)19(51)34(106-41)10(99-43)2-90-114(68,69)70;;;;;;;;/h9-64H,1-8H2,(H2,65,66,67)(H2,68,69,70)(H2,71,72,73)(H2,74,75,76)(H2,77,78,79)(H2,80,81,82)(H2,83,84,85)(H2,86,87,88);;;;;;;;/q;8*+1/p-8/t9-,10-,11-,12-,13-,14-,15-,16-,17-,18-,19-,20-,21-,22-,23-,24-,25-,26-,27-,28-,29-,30-,31-,32-,33-,34-,35-,36-,37-,38-,39-,40-,41-,42-,43-,44-,45-,46-,47-,48-;;;;;;;;/m1......../s1. The molecule has 30 saturated heterocycles. The molecular weight excluding hydrogens is 2030 g/mol. The van der Waals surface area contributed by atoms with E-state index in [1.165, 1.54) is 0 Å². The Morgan fingerprint density at radius 2 is 0.266 bits per heavy atom. The first-order valence-electron chi connectivity index (χ1n) is 33.9. The summed E-state index contributed by atoms with van der Waals surface area (Å²) in [5.74, 6) is 0. The molecule has 40 atom stereocenters. The van der Waals surface area contributed by atoms with E-state index in [0.29, 0.717) is 0 Å². The molecule has 0 aromatic rings. The van der Waals surface area contributed by atoms with Gasteiger partial charge in [0.15, 0.2) is 50.3 Å². The zero-order valence-electron chi connectivity index (χ0n) is 67.4. The summed E-state index contributed by atoms with van der Waals surface area (Å²) in [6.07, 6.45) is -109. The van der Waals surface area contributed by atoms with E-state index < -0.39 is 361 Å². The maximum absolute atomic E-state index is 12.2. The Morgan fingerprint density at radius 3 is 0.352 bits per heavy atom. The van der Waals surface area contributed by atoms with Crippen molar-refractivity contribution in [3.63, 3.8) is 0 Å². The summed E-state index contributed by atoms with van der Waals surface area (Å²) >= 11 is 0. The van der Waals surface area contributed by atoms with Gasteiger partial charge < -0.3 is 272 Å². The number of phosphoric ester groups is 8. The van der Waals surface area contributed by atoms with Crippen molar-refractivity contribution in [1.29, 1.82) is 0 Å². The smallest absolute Gasteiger partial charge is 0.790 e. The van der Waals surface area contributed by atoms with Crippen LogP contribution in [0.2, 0.25) is 0 Å². The van der Waals surface area contributed by atoms with Crippen molar-refractivity contribution < 1.29 is 545 Å². The zero-order chi connectivity index (χ0) is 89.7. The predicted molar refractivity (Wildman–Crippen MR) is 331 cm³/mol. The molecule has 0 unspecified atom stereocenters. The van der Waals surface area contributed by atoms with Crippen LogP contribution in [-0.4, -0.2) is 419 Å². The SMILES string of the molecule is O=P([O-])([O-])OC[C@H]1O[C@@H]2O[C@H]3[C@H](O)[C@@H](O)[C@@H](O[C@H]4[C@H](O)[C@@H](O)[C@@H](O[C@H]5[C@H](O)[C@@H](O)[C@@H](O[C@H]6[C@H](O)[C@@H](O)[C@@H](O[C@H]7[C@H](O)[C@@H](O)[C@@H](O[C@H]8[C@H](O)[C@@H](O)[C@@H](O[C@H]9[C@H](O)[C@@H](O)[C@@H](O[C@H]1[C@H](O)[C@H]2O)O[C@@H]9COP(=O)([O-])[O-])O[C@@H]8COP(=O)([O-])[O-])O[C@@H]7COP(=O)(O)O)O[C@@H]6COP(=O)(O)O)O[C@@H]5COP(=O)(O)O)O[C@@H]4COP(=O)(O)O)O[C@@H]3COP(=O)([O-])[O-].[Na+].[Na+].[Na+].[Na+].[Na+].[Na+].[Na+].[Na+]. The quantitative estimate of drug-likeness (QED) is 0.0315. The molecule has 128 heavy (non-hydrogen) atoms. The first-order chi connectivity index (χ1) is 55.1. The number of phosphoric acid groups is 8. The molecule has 0 saturated carbocycles. The van der Waals surface area contributed by atoms with Crippen LogP contribution in [0.5, 0.6) is 0 Å². The second-order valence-corrected chi connectivity index (χ2v) is 36.7. The number of rotatable bonds is 24. The summed E-state index contributed by atoms with van der Waals surface area (Å²) < 4.78 is 221. The van der Waals surface area contributed by atoms with E-state index in [1.807, 2.05) is 0 Å². The second-order valence-electron chi connectivity index (χ2n) is 27.1. The van der Waals surface area contributed by atoms with Crippen LogP contribution in [-0.2, 0) is 149 Å². The third-order valence-electron chi connectivity index (χ3n) is 18.7. The molecule has 30 aliphatic heterocycles. The molecular formula is C48H80Na8O64P8. The number of hydrogen-bond acceptors (Lipinski definition) is 56. The first kappa shape index (κ1) is 134. The van der Waals surface area contributed by atoms with E-state index in [0.717, 1.165) is 0 Å². The predicted octanol–water partition coefficient (Wildman–Crippen LogP) is -45.5. The Labute approximate surface area is 895 Å². The molecule has 30 fully saturated rings. The molecule has 0 aromatic heterocycles. The van der Waals surface area contributed by atoms with Crippen molar-refractivity contribution in [3.05, 3.63) is 0 Å². The van der Waals surface area contributed by atoms with Gasteiger partial charge in [0.05, 0.1) is 84.1 Å². The zero-order valence-corrected chi connectivity index (χ0v) is 90.5. The fourth-order valence-electron chi connectivity index (χ4n) is 13.1. The maximum atomic E-state index is 12.2. The summed E-state index contributed by atoms with van der Waals surface area (Å²) in [5.41, 5.74) is 0. The fourth-order valence-corrected chi connectivity index (χ4v) is 15.8. The van der Waals surface area contributed by atoms with E-state index >= 15 is 0 Å². The summed E-state index contributed by atoms with van der Waals surface area (Å²) in [7, 11) is -48.4. The molecule has 0 amide bonds. The number of aliphatic hydroxyl groups excluding tert-OH is 16. The molecule has 704 valence electrons. The van der Waals surface area contributed by atoms with Gasteiger partial charge in [-0.3, -0.25) is 18.1 Å².